The Balaban J connectivity index is 1.43. The summed E-state index contributed by atoms with van der Waals surface area (Å²) in [4.78, 5) is 9.18. The molecule has 2 saturated heterocycles. The molecule has 5 heteroatoms. The van der Waals surface area contributed by atoms with Gasteiger partial charge in [0.15, 0.2) is 0 Å². The van der Waals surface area contributed by atoms with Crippen LogP contribution in [0.4, 0.5) is 0 Å². The largest absolute Gasteiger partial charge is 0.383 e. The van der Waals surface area contributed by atoms with E-state index in [1.165, 1.54) is 16.3 Å². The van der Waals surface area contributed by atoms with Crippen molar-refractivity contribution in [3.63, 3.8) is 0 Å². The molecule has 0 amide bonds. The topological polar surface area (TPSA) is 48.8 Å². The van der Waals surface area contributed by atoms with Crippen molar-refractivity contribution < 1.29 is 9.84 Å². The molecule has 2 aliphatic heterocycles. The van der Waals surface area contributed by atoms with Crippen molar-refractivity contribution in [2.45, 2.75) is 24.6 Å². The van der Waals surface area contributed by atoms with Crippen molar-refractivity contribution >= 4 is 10.8 Å². The first-order valence-electron chi connectivity index (χ1n) is 10.9. The second-order valence-corrected chi connectivity index (χ2v) is 8.45. The Labute approximate surface area is 177 Å². The van der Waals surface area contributed by atoms with Crippen LogP contribution in [0.25, 0.3) is 10.8 Å². The van der Waals surface area contributed by atoms with E-state index in [-0.39, 0.29) is 6.04 Å². The third kappa shape index (κ3) is 3.74. The number of morpholine rings is 1. The highest BCUT2D eigenvalue weighted by atomic mass is 16.5. The zero-order valence-corrected chi connectivity index (χ0v) is 17.3. The van der Waals surface area contributed by atoms with Crippen molar-refractivity contribution in [2.75, 3.05) is 39.4 Å². The molecule has 3 aromatic rings. The number of ether oxygens (including phenoxy) is 1. The Bertz CT molecular complexity index is 985. The van der Waals surface area contributed by atoms with E-state index in [2.05, 4.69) is 51.2 Å². The number of pyridine rings is 1. The van der Waals surface area contributed by atoms with Gasteiger partial charge in [-0.15, -0.1) is 0 Å². The highest BCUT2D eigenvalue weighted by Gasteiger charge is 2.45. The Morgan fingerprint density at radius 3 is 2.67 bits per heavy atom. The van der Waals surface area contributed by atoms with Crippen molar-refractivity contribution in [3.8, 4) is 0 Å². The van der Waals surface area contributed by atoms with Gasteiger partial charge in [0.05, 0.1) is 19.3 Å². The van der Waals surface area contributed by atoms with Gasteiger partial charge in [-0.1, -0.05) is 48.5 Å². The Morgan fingerprint density at radius 1 is 1.00 bits per heavy atom. The number of hydrogen-bond donors (Lipinski definition) is 1. The average Bonchev–Trinajstić information content (AvgIpc) is 2.82. The maximum atomic E-state index is 11.9. The highest BCUT2D eigenvalue weighted by molar-refractivity contribution is 5.84. The van der Waals surface area contributed by atoms with Crippen molar-refractivity contribution in [1.82, 2.24) is 14.8 Å². The van der Waals surface area contributed by atoms with Crippen LogP contribution in [0.1, 0.15) is 17.5 Å². The van der Waals surface area contributed by atoms with E-state index in [1.54, 1.807) is 0 Å². The summed E-state index contributed by atoms with van der Waals surface area (Å²) in [7, 11) is 0. The molecule has 156 valence electrons. The van der Waals surface area contributed by atoms with Gasteiger partial charge in [0.25, 0.3) is 0 Å². The molecular formula is C25H29N3O2. The van der Waals surface area contributed by atoms with E-state index in [4.69, 9.17) is 4.74 Å². The third-order valence-corrected chi connectivity index (χ3v) is 6.72. The van der Waals surface area contributed by atoms with Crippen LogP contribution in [0.15, 0.2) is 67.0 Å². The zero-order chi connectivity index (χ0) is 20.4. The quantitative estimate of drug-likeness (QED) is 0.726. The Hall–Kier alpha value is -2.31. The number of rotatable bonds is 4. The summed E-state index contributed by atoms with van der Waals surface area (Å²) in [5.74, 6) is 0. The zero-order valence-electron chi connectivity index (χ0n) is 17.3. The maximum Gasteiger partial charge on any atom is 0.108 e. The number of hydrogen-bond acceptors (Lipinski definition) is 5. The van der Waals surface area contributed by atoms with Gasteiger partial charge >= 0.3 is 0 Å². The van der Waals surface area contributed by atoms with E-state index in [0.29, 0.717) is 0 Å². The molecule has 5 rings (SSSR count). The summed E-state index contributed by atoms with van der Waals surface area (Å²) >= 11 is 0. The lowest BCUT2D eigenvalue weighted by atomic mass is 9.79. The molecule has 30 heavy (non-hydrogen) atoms. The van der Waals surface area contributed by atoms with E-state index in [0.717, 1.165) is 57.9 Å². The van der Waals surface area contributed by atoms with Gasteiger partial charge in [-0.2, -0.15) is 0 Å². The lowest BCUT2D eigenvalue weighted by Crippen LogP contribution is -2.62. The minimum atomic E-state index is -0.836. The van der Waals surface area contributed by atoms with E-state index >= 15 is 0 Å². The first-order chi connectivity index (χ1) is 14.7. The van der Waals surface area contributed by atoms with Crippen LogP contribution < -0.4 is 0 Å². The van der Waals surface area contributed by atoms with Gasteiger partial charge in [0.2, 0.25) is 0 Å². The van der Waals surface area contributed by atoms with E-state index in [9.17, 15) is 5.11 Å². The monoisotopic (exact) mass is 403 g/mol. The lowest BCUT2D eigenvalue weighted by Gasteiger charge is -2.50. The predicted octanol–water partition coefficient (Wildman–Crippen LogP) is 3.03. The van der Waals surface area contributed by atoms with Crippen molar-refractivity contribution in [3.05, 3.63) is 78.1 Å². The van der Waals surface area contributed by atoms with Gasteiger partial charge in [-0.05, 0) is 29.0 Å². The third-order valence-electron chi connectivity index (χ3n) is 6.72. The van der Waals surface area contributed by atoms with E-state index in [1.807, 2.05) is 30.6 Å². The van der Waals surface area contributed by atoms with Gasteiger partial charge < -0.3 is 9.84 Å². The number of piperidine rings is 1. The fourth-order valence-corrected chi connectivity index (χ4v) is 5.06. The number of aromatic nitrogens is 1. The molecule has 2 fully saturated rings. The fourth-order valence-electron chi connectivity index (χ4n) is 5.06. The van der Waals surface area contributed by atoms with E-state index < -0.39 is 5.60 Å². The van der Waals surface area contributed by atoms with Gasteiger partial charge in [0.1, 0.15) is 5.60 Å². The number of nitrogens with zero attached hydrogens (tertiary/aromatic N) is 3. The normalized spacial score (nSPS) is 26.1. The van der Waals surface area contributed by atoms with Gasteiger partial charge in [-0.25, -0.2) is 0 Å². The van der Waals surface area contributed by atoms with Crippen LogP contribution in [-0.2, 0) is 16.9 Å². The molecule has 3 heterocycles. The minimum absolute atomic E-state index is 0.0502. The summed E-state index contributed by atoms with van der Waals surface area (Å²) in [6.45, 7) is 5.80. The van der Waals surface area contributed by atoms with Gasteiger partial charge in [-0.3, -0.25) is 14.8 Å². The molecule has 2 aromatic carbocycles. The second kappa shape index (κ2) is 8.44. The molecule has 1 N–H and O–H groups in total. The standard InChI is InChI=1S/C25H29N3O2/c29-25(22-7-2-1-3-8-22)10-12-27(19-24(25)28-13-15-30-16-14-28)18-21-6-4-5-20-17-26-11-9-23(20)21/h1-9,11,17,24,29H,10,12-16,18-19H2/t24-,25+/m1/s1. The molecule has 2 aliphatic rings. The number of fused-ring (bicyclic) bond motifs is 1. The first kappa shape index (κ1) is 19.6. The average molecular weight is 404 g/mol. The Kier molecular flexibility index (Phi) is 5.52. The Morgan fingerprint density at radius 2 is 1.83 bits per heavy atom. The summed E-state index contributed by atoms with van der Waals surface area (Å²) in [6, 6.07) is 18.8. The smallest absolute Gasteiger partial charge is 0.108 e. The van der Waals surface area contributed by atoms with Gasteiger partial charge in [0, 0.05) is 50.5 Å². The fraction of sp³-hybridized carbons (Fsp3) is 0.400. The molecule has 0 aliphatic carbocycles. The summed E-state index contributed by atoms with van der Waals surface area (Å²) in [6.07, 6.45) is 4.53. The number of aliphatic hydroxyl groups is 1. The van der Waals surface area contributed by atoms with Crippen LogP contribution in [0, 0.1) is 0 Å². The molecule has 5 nitrogen and oxygen atoms in total. The molecule has 0 saturated carbocycles. The van der Waals surface area contributed by atoms with Crippen molar-refractivity contribution in [1.29, 1.82) is 0 Å². The minimum Gasteiger partial charge on any atom is -0.383 e. The molecule has 0 radical (unpaired) electrons. The lowest BCUT2D eigenvalue weighted by molar-refractivity contribution is -0.119. The summed E-state index contributed by atoms with van der Waals surface area (Å²) in [5.41, 5.74) is 1.51. The molecule has 2 atom stereocenters. The van der Waals surface area contributed by atoms with Crippen molar-refractivity contribution in [2.24, 2.45) is 0 Å². The molecule has 0 unspecified atom stereocenters. The van der Waals surface area contributed by atoms with Crippen LogP contribution >= 0.6 is 0 Å². The summed E-state index contributed by atoms with van der Waals surface area (Å²) < 4.78 is 5.59. The summed E-state index contributed by atoms with van der Waals surface area (Å²) in [5, 5.41) is 14.3. The maximum absolute atomic E-state index is 11.9. The second-order valence-electron chi connectivity index (χ2n) is 8.45. The SMILES string of the molecule is O[C@]1(c2ccccc2)CCN(Cc2cccc3cnccc23)C[C@H]1N1CCOCC1. The highest BCUT2D eigenvalue weighted by Crippen LogP contribution is 2.37. The first-order valence-corrected chi connectivity index (χ1v) is 10.9. The number of benzene rings is 2. The van der Waals surface area contributed by atoms with Crippen LogP contribution in [0.2, 0.25) is 0 Å². The van der Waals surface area contributed by atoms with Crippen LogP contribution in [-0.4, -0.2) is 65.3 Å². The predicted molar refractivity (Wildman–Crippen MR) is 118 cm³/mol. The molecular weight excluding hydrogens is 374 g/mol. The molecule has 0 spiro atoms. The van der Waals surface area contributed by atoms with Crippen LogP contribution in [0.5, 0.6) is 0 Å². The number of likely N-dealkylation sites (tertiary alicyclic amines) is 1. The van der Waals surface area contributed by atoms with Crippen LogP contribution in [0.3, 0.4) is 0 Å². The molecule has 0 bridgehead atoms. The molecule has 1 aromatic heterocycles.